The number of hydrogen-bond donors (Lipinski definition) is 0. The van der Waals surface area contributed by atoms with Gasteiger partial charge >= 0.3 is 5.97 Å². The lowest BCUT2D eigenvalue weighted by molar-refractivity contribution is -0.165. The zero-order valence-electron chi connectivity index (χ0n) is 17.6. The number of rotatable bonds is 3. The van der Waals surface area contributed by atoms with E-state index in [1.54, 1.807) is 0 Å². The standard InChI is InChI=1S/C29H23NO2/c31-28-19-27(21-11-3-1-4-12-21)30(20-32-28)29(22-13-5-2-6-14-22)25-17-9-7-15-23(25)24-16-8-10-18-26(24)29/h1-18,27H,19-20H2. The van der Waals surface area contributed by atoms with Gasteiger partial charge in [0, 0.05) is 6.04 Å². The minimum absolute atomic E-state index is 0.100. The molecule has 1 unspecified atom stereocenters. The number of cyclic esters (lactones) is 1. The molecule has 2 aliphatic rings. The van der Waals surface area contributed by atoms with E-state index in [1.165, 1.54) is 27.8 Å². The average Bonchev–Trinajstić information content (AvgIpc) is 3.16. The van der Waals surface area contributed by atoms with Gasteiger partial charge in [0.2, 0.25) is 0 Å². The second-order valence-electron chi connectivity index (χ2n) is 8.41. The first-order valence-corrected chi connectivity index (χ1v) is 11.0. The Hall–Kier alpha value is -3.69. The van der Waals surface area contributed by atoms with E-state index < -0.39 is 5.54 Å². The van der Waals surface area contributed by atoms with E-state index >= 15 is 0 Å². The van der Waals surface area contributed by atoms with Crippen molar-refractivity contribution in [2.75, 3.05) is 6.73 Å². The molecule has 0 bridgehead atoms. The summed E-state index contributed by atoms with van der Waals surface area (Å²) in [5.41, 5.74) is 6.66. The Morgan fingerprint density at radius 2 is 1.22 bits per heavy atom. The van der Waals surface area contributed by atoms with E-state index in [-0.39, 0.29) is 18.7 Å². The summed E-state index contributed by atoms with van der Waals surface area (Å²) in [4.78, 5) is 14.9. The lowest BCUT2D eigenvalue weighted by Crippen LogP contribution is -2.52. The molecular formula is C29H23NO2. The van der Waals surface area contributed by atoms with E-state index in [1.807, 2.05) is 18.2 Å². The van der Waals surface area contributed by atoms with Crippen molar-refractivity contribution < 1.29 is 9.53 Å². The topological polar surface area (TPSA) is 29.5 Å². The van der Waals surface area contributed by atoms with Gasteiger partial charge in [-0.3, -0.25) is 4.79 Å². The molecule has 4 aromatic rings. The first-order valence-electron chi connectivity index (χ1n) is 11.0. The fraction of sp³-hybridized carbons (Fsp3) is 0.138. The highest BCUT2D eigenvalue weighted by molar-refractivity contribution is 5.83. The molecule has 1 saturated heterocycles. The SMILES string of the molecule is O=C1CC(c2ccccc2)N(C2(c3ccccc3)c3ccccc3-c3ccccc32)CO1. The Morgan fingerprint density at radius 3 is 1.84 bits per heavy atom. The zero-order valence-corrected chi connectivity index (χ0v) is 17.6. The molecule has 0 spiro atoms. The Balaban J connectivity index is 1.68. The Bertz CT molecular complexity index is 1240. The van der Waals surface area contributed by atoms with Crippen molar-refractivity contribution in [3.8, 4) is 11.1 Å². The van der Waals surface area contributed by atoms with Gasteiger partial charge in [-0.05, 0) is 33.4 Å². The van der Waals surface area contributed by atoms with Crippen LogP contribution < -0.4 is 0 Å². The van der Waals surface area contributed by atoms with Crippen molar-refractivity contribution in [1.82, 2.24) is 4.90 Å². The molecule has 0 amide bonds. The number of carbonyl (C=O) groups is 1. The summed E-state index contributed by atoms with van der Waals surface area (Å²) >= 11 is 0. The van der Waals surface area contributed by atoms with Gasteiger partial charge in [-0.2, -0.15) is 0 Å². The smallest absolute Gasteiger partial charge is 0.309 e. The molecule has 156 valence electrons. The zero-order chi connectivity index (χ0) is 21.5. The molecule has 32 heavy (non-hydrogen) atoms. The first-order chi connectivity index (χ1) is 15.8. The lowest BCUT2D eigenvalue weighted by Gasteiger charge is -2.48. The van der Waals surface area contributed by atoms with E-state index in [0.717, 1.165) is 5.56 Å². The molecule has 1 aliphatic heterocycles. The van der Waals surface area contributed by atoms with E-state index in [0.29, 0.717) is 6.42 Å². The molecule has 4 aromatic carbocycles. The summed E-state index contributed by atoms with van der Waals surface area (Å²) < 4.78 is 5.72. The van der Waals surface area contributed by atoms with Crippen molar-refractivity contribution >= 4 is 5.97 Å². The van der Waals surface area contributed by atoms with Crippen molar-refractivity contribution in [1.29, 1.82) is 0 Å². The average molecular weight is 418 g/mol. The van der Waals surface area contributed by atoms with Gasteiger partial charge < -0.3 is 4.74 Å². The maximum absolute atomic E-state index is 12.5. The maximum Gasteiger partial charge on any atom is 0.309 e. The summed E-state index contributed by atoms with van der Waals surface area (Å²) in [5.74, 6) is -0.155. The van der Waals surface area contributed by atoms with Crippen molar-refractivity contribution in [2.24, 2.45) is 0 Å². The Labute approximate surface area is 187 Å². The molecule has 1 atom stereocenters. The molecule has 0 radical (unpaired) electrons. The second-order valence-corrected chi connectivity index (χ2v) is 8.41. The molecule has 3 heteroatoms. The van der Waals surface area contributed by atoms with E-state index in [4.69, 9.17) is 4.74 Å². The quantitative estimate of drug-likeness (QED) is 0.388. The van der Waals surface area contributed by atoms with Crippen molar-refractivity contribution in [3.63, 3.8) is 0 Å². The highest BCUT2D eigenvalue weighted by Crippen LogP contribution is 2.57. The van der Waals surface area contributed by atoms with Crippen LogP contribution in [-0.4, -0.2) is 17.6 Å². The Kier molecular flexibility index (Phi) is 4.44. The molecule has 3 nitrogen and oxygen atoms in total. The second kappa shape index (κ2) is 7.47. The highest BCUT2D eigenvalue weighted by Gasteiger charge is 2.52. The third-order valence-electron chi connectivity index (χ3n) is 6.83. The van der Waals surface area contributed by atoms with Crippen molar-refractivity contribution in [3.05, 3.63) is 131 Å². The predicted octanol–water partition coefficient (Wildman–Crippen LogP) is 5.91. The summed E-state index contributed by atoms with van der Waals surface area (Å²) in [5, 5.41) is 0. The highest BCUT2D eigenvalue weighted by atomic mass is 16.5. The van der Waals surface area contributed by atoms with Gasteiger partial charge in [0.05, 0.1) is 6.42 Å². The van der Waals surface area contributed by atoms with Crippen molar-refractivity contribution in [2.45, 2.75) is 18.0 Å². The molecule has 1 aliphatic carbocycles. The van der Waals surface area contributed by atoms with Gasteiger partial charge in [-0.25, -0.2) is 4.90 Å². The molecular weight excluding hydrogens is 394 g/mol. The largest absolute Gasteiger partial charge is 0.449 e. The van der Waals surface area contributed by atoms with Gasteiger partial charge in [0.1, 0.15) is 12.3 Å². The number of esters is 1. The van der Waals surface area contributed by atoms with Crippen LogP contribution in [0.4, 0.5) is 0 Å². The number of carbonyl (C=O) groups excluding carboxylic acids is 1. The van der Waals surface area contributed by atoms with Crippen LogP contribution >= 0.6 is 0 Å². The normalized spacial score (nSPS) is 19.1. The monoisotopic (exact) mass is 417 g/mol. The van der Waals surface area contributed by atoms with E-state index in [2.05, 4.69) is 95.9 Å². The number of hydrogen-bond acceptors (Lipinski definition) is 3. The van der Waals surface area contributed by atoms with Crippen LogP contribution in [0.2, 0.25) is 0 Å². The van der Waals surface area contributed by atoms with Gasteiger partial charge in [-0.1, -0.05) is 109 Å². The first kappa shape index (κ1) is 19.0. The van der Waals surface area contributed by atoms with Crippen LogP contribution in [0.5, 0.6) is 0 Å². The Morgan fingerprint density at radius 1 is 0.688 bits per heavy atom. The summed E-state index contributed by atoms with van der Waals surface area (Å²) in [6.45, 7) is 0.232. The molecule has 6 rings (SSSR count). The van der Waals surface area contributed by atoms with Gasteiger partial charge in [0.25, 0.3) is 0 Å². The predicted molar refractivity (Wildman–Crippen MR) is 125 cm³/mol. The lowest BCUT2D eigenvalue weighted by atomic mass is 9.77. The van der Waals surface area contributed by atoms with Crippen LogP contribution in [-0.2, 0) is 15.1 Å². The number of fused-ring (bicyclic) bond motifs is 3. The number of ether oxygens (including phenoxy) is 1. The summed E-state index contributed by atoms with van der Waals surface area (Å²) in [7, 11) is 0. The minimum Gasteiger partial charge on any atom is -0.449 e. The summed E-state index contributed by atoms with van der Waals surface area (Å²) in [6, 6.07) is 38.1. The molecule has 1 fully saturated rings. The van der Waals surface area contributed by atoms with Crippen LogP contribution in [0.3, 0.4) is 0 Å². The third-order valence-corrected chi connectivity index (χ3v) is 6.83. The van der Waals surface area contributed by atoms with Crippen LogP contribution in [0.25, 0.3) is 11.1 Å². The van der Waals surface area contributed by atoms with Crippen LogP contribution in [0, 0.1) is 0 Å². The number of benzene rings is 4. The number of nitrogens with zero attached hydrogens (tertiary/aromatic N) is 1. The minimum atomic E-state index is -0.560. The third kappa shape index (κ3) is 2.68. The molecule has 0 N–H and O–H groups in total. The maximum atomic E-state index is 12.5. The van der Waals surface area contributed by atoms with Gasteiger partial charge in [0.15, 0.2) is 0 Å². The van der Waals surface area contributed by atoms with Crippen LogP contribution in [0.1, 0.15) is 34.7 Å². The molecule has 1 heterocycles. The summed E-state index contributed by atoms with van der Waals surface area (Å²) in [6.07, 6.45) is 0.322. The van der Waals surface area contributed by atoms with E-state index in [9.17, 15) is 4.79 Å². The van der Waals surface area contributed by atoms with Gasteiger partial charge in [-0.15, -0.1) is 0 Å². The van der Waals surface area contributed by atoms with Crippen LogP contribution in [0.15, 0.2) is 109 Å². The molecule has 0 saturated carbocycles. The fourth-order valence-corrected chi connectivity index (χ4v) is 5.54. The molecule has 0 aromatic heterocycles. The fourth-order valence-electron chi connectivity index (χ4n) is 5.54.